The third-order valence-electron chi connectivity index (χ3n) is 0.715. The molecular weight excluding hydrogens is 122 g/mol. The summed E-state index contributed by atoms with van der Waals surface area (Å²) in [6.07, 6.45) is 0.449. The molecule has 0 aromatic rings. The largest absolute Gasteiger partial charge is 0.438 e. The topological polar surface area (TPSA) is 38.8 Å². The Hall–Kier alpha value is -1.03. The molecular formula is C5H9NO3. The van der Waals surface area contributed by atoms with Crippen molar-refractivity contribution in [2.24, 2.45) is 0 Å². The minimum absolute atomic E-state index is 0.590. The van der Waals surface area contributed by atoms with Crippen LogP contribution in [0.1, 0.15) is 0 Å². The second kappa shape index (κ2) is 3.91. The average molecular weight is 131 g/mol. The van der Waals surface area contributed by atoms with Crippen molar-refractivity contribution in [1.29, 1.82) is 0 Å². The van der Waals surface area contributed by atoms with Crippen molar-refractivity contribution < 1.29 is 14.4 Å². The molecule has 0 saturated carbocycles. The molecule has 4 heteroatoms. The van der Waals surface area contributed by atoms with Gasteiger partial charge >= 0.3 is 6.09 Å². The molecule has 0 atom stereocenters. The smallest absolute Gasteiger partial charge is 0.417 e. The molecule has 1 amide bonds. The highest BCUT2D eigenvalue weighted by Gasteiger charge is 2.05. The maximum atomic E-state index is 10.5. The summed E-state index contributed by atoms with van der Waals surface area (Å²) in [5, 5.41) is 0.946. The van der Waals surface area contributed by atoms with Gasteiger partial charge in [-0.2, -0.15) is 5.06 Å². The zero-order chi connectivity index (χ0) is 7.28. The molecule has 0 N–H and O–H groups in total. The van der Waals surface area contributed by atoms with Crippen LogP contribution in [-0.2, 0) is 9.57 Å². The lowest BCUT2D eigenvalue weighted by Crippen LogP contribution is -2.24. The number of hydrogen-bond donors (Lipinski definition) is 0. The first-order valence-corrected chi connectivity index (χ1v) is 2.31. The zero-order valence-electron chi connectivity index (χ0n) is 5.46. The van der Waals surface area contributed by atoms with E-state index in [9.17, 15) is 4.79 Å². The number of carbonyl (C=O) groups excluding carboxylic acids is 1. The number of hydroxylamine groups is 2. The Bertz CT molecular complexity index is 113. The van der Waals surface area contributed by atoms with Crippen molar-refractivity contribution in [1.82, 2.24) is 5.06 Å². The summed E-state index contributed by atoms with van der Waals surface area (Å²) in [5.41, 5.74) is 0. The third-order valence-corrected chi connectivity index (χ3v) is 0.715. The molecule has 0 rings (SSSR count). The first-order chi connectivity index (χ1) is 4.22. The van der Waals surface area contributed by atoms with Gasteiger partial charge in [-0.3, -0.25) is 4.84 Å². The molecule has 0 aliphatic carbocycles. The van der Waals surface area contributed by atoms with Crippen molar-refractivity contribution >= 4 is 6.09 Å². The van der Waals surface area contributed by atoms with Crippen molar-refractivity contribution in [3.05, 3.63) is 12.8 Å². The Morgan fingerprint density at radius 2 is 2.33 bits per heavy atom. The predicted octanol–water partition coefficient (Wildman–Crippen LogP) is 0.760. The van der Waals surface area contributed by atoms with Gasteiger partial charge in [-0.15, -0.1) is 0 Å². The molecule has 0 fully saturated rings. The predicted molar refractivity (Wildman–Crippen MR) is 31.4 cm³/mol. The lowest BCUT2D eigenvalue weighted by molar-refractivity contribution is -0.0831. The molecule has 0 heterocycles. The van der Waals surface area contributed by atoms with E-state index < -0.39 is 6.09 Å². The van der Waals surface area contributed by atoms with Gasteiger partial charge in [-0.05, 0) is 0 Å². The van der Waals surface area contributed by atoms with Gasteiger partial charge in [0.25, 0.3) is 0 Å². The lowest BCUT2D eigenvalue weighted by Gasteiger charge is -2.10. The fraction of sp³-hybridized carbons (Fsp3) is 0.400. The van der Waals surface area contributed by atoms with Crippen LogP contribution in [0, 0.1) is 0 Å². The van der Waals surface area contributed by atoms with Crippen molar-refractivity contribution in [2.45, 2.75) is 0 Å². The Morgan fingerprint density at radius 1 is 1.78 bits per heavy atom. The summed E-state index contributed by atoms with van der Waals surface area (Å²) in [4.78, 5) is 15.0. The van der Waals surface area contributed by atoms with Crippen molar-refractivity contribution in [3.63, 3.8) is 0 Å². The summed E-state index contributed by atoms with van der Waals surface area (Å²) < 4.78 is 4.32. The van der Waals surface area contributed by atoms with Gasteiger partial charge in [0.2, 0.25) is 0 Å². The van der Waals surface area contributed by atoms with Crippen LogP contribution < -0.4 is 0 Å². The first-order valence-electron chi connectivity index (χ1n) is 2.31. The number of rotatable bonds is 2. The molecule has 0 aliphatic heterocycles. The van der Waals surface area contributed by atoms with E-state index in [2.05, 4.69) is 16.2 Å². The monoisotopic (exact) mass is 131 g/mol. The second-order valence-corrected chi connectivity index (χ2v) is 1.23. The number of carbonyl (C=O) groups is 1. The number of ether oxygens (including phenoxy) is 1. The van der Waals surface area contributed by atoms with Gasteiger partial charge < -0.3 is 4.74 Å². The molecule has 9 heavy (non-hydrogen) atoms. The maximum Gasteiger partial charge on any atom is 0.438 e. The van der Waals surface area contributed by atoms with Crippen LogP contribution in [0.2, 0.25) is 0 Å². The van der Waals surface area contributed by atoms with E-state index in [0.717, 1.165) is 11.3 Å². The third kappa shape index (κ3) is 2.71. The van der Waals surface area contributed by atoms with Gasteiger partial charge in [0.1, 0.15) is 0 Å². The van der Waals surface area contributed by atoms with Crippen molar-refractivity contribution in [2.75, 3.05) is 14.2 Å². The van der Waals surface area contributed by atoms with E-state index in [0.29, 0.717) is 0 Å². The number of amides is 1. The summed E-state index contributed by atoms with van der Waals surface area (Å²) in [6.45, 7) is 3.19. The van der Waals surface area contributed by atoms with E-state index in [1.165, 1.54) is 14.2 Å². The Morgan fingerprint density at radius 3 is 2.67 bits per heavy atom. The van der Waals surface area contributed by atoms with Crippen LogP contribution in [0.3, 0.4) is 0 Å². The lowest BCUT2D eigenvalue weighted by atomic mass is 11.0. The molecule has 0 bridgehead atoms. The summed E-state index contributed by atoms with van der Waals surface area (Å²) in [5.74, 6) is 0. The van der Waals surface area contributed by atoms with Gasteiger partial charge in [-0.1, -0.05) is 6.58 Å². The maximum absolute atomic E-state index is 10.5. The highest BCUT2D eigenvalue weighted by atomic mass is 16.7. The van der Waals surface area contributed by atoms with E-state index >= 15 is 0 Å². The van der Waals surface area contributed by atoms with E-state index in [-0.39, 0.29) is 0 Å². The zero-order valence-corrected chi connectivity index (χ0v) is 5.46. The normalized spacial score (nSPS) is 8.22. The molecule has 0 radical (unpaired) electrons. The fourth-order valence-electron chi connectivity index (χ4n) is 0.220. The molecule has 52 valence electrons. The second-order valence-electron chi connectivity index (χ2n) is 1.23. The van der Waals surface area contributed by atoms with Crippen molar-refractivity contribution in [3.8, 4) is 0 Å². The minimum atomic E-state index is -0.590. The Balaban J connectivity index is 3.58. The number of hydrogen-bond acceptors (Lipinski definition) is 3. The SMILES string of the molecule is C=COC(=O)N(C)OC. The minimum Gasteiger partial charge on any atom is -0.417 e. The van der Waals surface area contributed by atoms with E-state index in [4.69, 9.17) is 0 Å². The molecule has 0 aliphatic rings. The molecule has 4 nitrogen and oxygen atoms in total. The van der Waals surface area contributed by atoms with Gasteiger partial charge in [0.15, 0.2) is 0 Å². The van der Waals surface area contributed by atoms with Gasteiger partial charge in [0.05, 0.1) is 13.4 Å². The molecule has 0 aromatic heterocycles. The van der Waals surface area contributed by atoms with Gasteiger partial charge in [0, 0.05) is 7.05 Å². The fourth-order valence-corrected chi connectivity index (χ4v) is 0.220. The summed E-state index contributed by atoms with van der Waals surface area (Å²) in [6, 6.07) is 0. The van der Waals surface area contributed by atoms with Gasteiger partial charge in [-0.25, -0.2) is 4.79 Å². The van der Waals surface area contributed by atoms with Crippen LogP contribution in [0.15, 0.2) is 12.8 Å². The summed E-state index contributed by atoms with van der Waals surface area (Å²) >= 11 is 0. The summed E-state index contributed by atoms with van der Waals surface area (Å²) in [7, 11) is 2.80. The van der Waals surface area contributed by atoms with Crippen LogP contribution in [0.4, 0.5) is 4.79 Å². The van der Waals surface area contributed by atoms with E-state index in [1.807, 2.05) is 0 Å². The molecule has 0 aromatic carbocycles. The van der Waals surface area contributed by atoms with E-state index in [1.54, 1.807) is 0 Å². The van der Waals surface area contributed by atoms with Crippen LogP contribution >= 0.6 is 0 Å². The Labute approximate surface area is 53.6 Å². The molecule has 0 saturated heterocycles. The quantitative estimate of drug-likeness (QED) is 0.410. The standard InChI is InChI=1S/C5H9NO3/c1-4-9-5(7)6(2)8-3/h4H,1H2,2-3H3. The average Bonchev–Trinajstić information content (AvgIpc) is 1.87. The van der Waals surface area contributed by atoms with Crippen LogP contribution in [0.5, 0.6) is 0 Å². The molecule has 0 unspecified atom stereocenters. The van der Waals surface area contributed by atoms with Crippen LogP contribution in [0.25, 0.3) is 0 Å². The highest BCUT2D eigenvalue weighted by molar-refractivity contribution is 5.66. The van der Waals surface area contributed by atoms with Crippen LogP contribution in [-0.4, -0.2) is 25.3 Å². The Kier molecular flexibility index (Phi) is 3.46. The molecule has 0 spiro atoms. The number of nitrogens with zero attached hydrogens (tertiary/aromatic N) is 1. The first kappa shape index (κ1) is 7.97. The highest BCUT2D eigenvalue weighted by Crippen LogP contribution is 1.88.